The first-order valence-electron chi connectivity index (χ1n) is 5.44. The van der Waals surface area contributed by atoms with Crippen molar-refractivity contribution in [2.45, 2.75) is 6.54 Å². The van der Waals surface area contributed by atoms with Gasteiger partial charge in [-0.1, -0.05) is 18.2 Å². The third-order valence-electron chi connectivity index (χ3n) is 2.63. The number of aromatic nitrogens is 1. The van der Waals surface area contributed by atoms with Gasteiger partial charge in [-0.3, -0.25) is 0 Å². The monoisotopic (exact) mass is 244 g/mol. The van der Waals surface area contributed by atoms with Crippen molar-refractivity contribution in [3.63, 3.8) is 0 Å². The fraction of sp³-hybridized carbons (Fsp3) is 0.154. The summed E-state index contributed by atoms with van der Waals surface area (Å²) in [7, 11) is 1.91. The lowest BCUT2D eigenvalue weighted by Crippen LogP contribution is -2.05. The van der Waals surface area contributed by atoms with Gasteiger partial charge in [0.1, 0.15) is 5.69 Å². The second kappa shape index (κ2) is 4.31. The third kappa shape index (κ3) is 1.85. The van der Waals surface area contributed by atoms with Crippen LogP contribution in [0.5, 0.6) is 0 Å². The molecule has 0 aliphatic rings. The zero-order chi connectivity index (χ0) is 11.7. The number of rotatable bonds is 3. The van der Waals surface area contributed by atoms with E-state index in [1.165, 1.54) is 16.5 Å². The van der Waals surface area contributed by atoms with Gasteiger partial charge in [0.15, 0.2) is 12.2 Å². The Balaban J connectivity index is 2.10. The molecule has 0 aliphatic carbocycles. The summed E-state index contributed by atoms with van der Waals surface area (Å²) in [6.45, 7) is 0.722. The van der Waals surface area contributed by atoms with Crippen LogP contribution in [-0.4, -0.2) is 12.0 Å². The molecule has 0 spiro atoms. The van der Waals surface area contributed by atoms with Gasteiger partial charge in [0.2, 0.25) is 0 Å². The molecule has 86 valence electrons. The lowest BCUT2D eigenvalue weighted by atomic mass is 10.2. The molecule has 2 aromatic heterocycles. The number of nitrogens with zero attached hydrogens (tertiary/aromatic N) is 1. The minimum absolute atomic E-state index is 0.722. The zero-order valence-corrected chi connectivity index (χ0v) is 10.3. The highest BCUT2D eigenvalue weighted by Gasteiger charge is 2.12. The molecule has 1 aromatic carbocycles. The molecule has 0 unspecified atom stereocenters. The molecule has 0 saturated heterocycles. The van der Waals surface area contributed by atoms with Crippen LogP contribution in [0.15, 0.2) is 41.1 Å². The number of fused-ring (bicyclic) bond motifs is 1. The standard InChI is InChI=1S/C13H12N2OS/c1-14-7-10-13(16-8-15-10)12-6-9-4-2-3-5-11(9)17-12/h2-6,8,14H,7H2,1H3. The van der Waals surface area contributed by atoms with Crippen molar-refractivity contribution in [1.82, 2.24) is 10.3 Å². The Kier molecular flexibility index (Phi) is 2.66. The van der Waals surface area contributed by atoms with Gasteiger partial charge in [-0.15, -0.1) is 11.3 Å². The summed E-state index contributed by atoms with van der Waals surface area (Å²) < 4.78 is 6.76. The van der Waals surface area contributed by atoms with E-state index in [4.69, 9.17) is 4.42 Å². The smallest absolute Gasteiger partial charge is 0.181 e. The van der Waals surface area contributed by atoms with Crippen LogP contribution in [0.1, 0.15) is 5.69 Å². The van der Waals surface area contributed by atoms with Crippen molar-refractivity contribution in [2.75, 3.05) is 7.05 Å². The van der Waals surface area contributed by atoms with Gasteiger partial charge in [0, 0.05) is 11.2 Å². The van der Waals surface area contributed by atoms with E-state index < -0.39 is 0 Å². The summed E-state index contributed by atoms with van der Waals surface area (Å²) in [5, 5.41) is 4.35. The fourth-order valence-corrected chi connectivity index (χ4v) is 2.93. The number of hydrogen-bond donors (Lipinski definition) is 1. The maximum absolute atomic E-state index is 5.49. The van der Waals surface area contributed by atoms with Crippen LogP contribution in [0, 0.1) is 0 Å². The van der Waals surface area contributed by atoms with Gasteiger partial charge < -0.3 is 9.73 Å². The van der Waals surface area contributed by atoms with Gasteiger partial charge in [-0.25, -0.2) is 4.98 Å². The predicted molar refractivity (Wildman–Crippen MR) is 70.1 cm³/mol. The summed E-state index contributed by atoms with van der Waals surface area (Å²) in [6.07, 6.45) is 1.51. The van der Waals surface area contributed by atoms with Crippen molar-refractivity contribution in [1.29, 1.82) is 0 Å². The Bertz CT molecular complexity index is 608. The fourth-order valence-electron chi connectivity index (χ4n) is 1.86. The van der Waals surface area contributed by atoms with E-state index in [2.05, 4.69) is 34.6 Å². The molecule has 4 heteroatoms. The molecule has 0 radical (unpaired) electrons. The third-order valence-corrected chi connectivity index (χ3v) is 3.75. The predicted octanol–water partition coefficient (Wildman–Crippen LogP) is 3.28. The SMILES string of the molecule is CNCc1ncoc1-c1cc2ccccc2s1. The van der Waals surface area contributed by atoms with E-state index in [9.17, 15) is 0 Å². The second-order valence-corrected chi connectivity index (χ2v) is 4.89. The van der Waals surface area contributed by atoms with Crippen molar-refractivity contribution in [3.05, 3.63) is 42.4 Å². The molecule has 0 bridgehead atoms. The number of hydrogen-bond acceptors (Lipinski definition) is 4. The lowest BCUT2D eigenvalue weighted by Gasteiger charge is -1.96. The summed E-state index contributed by atoms with van der Waals surface area (Å²) in [4.78, 5) is 5.36. The maximum Gasteiger partial charge on any atom is 0.181 e. The highest BCUT2D eigenvalue weighted by atomic mass is 32.1. The Morgan fingerprint density at radius 3 is 3.06 bits per heavy atom. The van der Waals surface area contributed by atoms with Crippen LogP contribution >= 0.6 is 11.3 Å². The normalized spacial score (nSPS) is 11.1. The first-order chi connectivity index (χ1) is 8.38. The van der Waals surface area contributed by atoms with E-state index in [1.807, 2.05) is 13.1 Å². The molecule has 0 saturated carbocycles. The first kappa shape index (κ1) is 10.5. The molecule has 0 aliphatic heterocycles. The van der Waals surface area contributed by atoms with E-state index in [-0.39, 0.29) is 0 Å². The van der Waals surface area contributed by atoms with Crippen molar-refractivity contribution in [3.8, 4) is 10.6 Å². The molecule has 1 N–H and O–H groups in total. The number of nitrogens with one attached hydrogen (secondary N) is 1. The summed E-state index contributed by atoms with van der Waals surface area (Å²) in [5.74, 6) is 0.876. The molecular formula is C13H12N2OS. The van der Waals surface area contributed by atoms with E-state index >= 15 is 0 Å². The Hall–Kier alpha value is -1.65. The number of thiophene rings is 1. The molecule has 0 amide bonds. The molecule has 3 rings (SSSR count). The summed E-state index contributed by atoms with van der Waals surface area (Å²) >= 11 is 1.73. The molecule has 3 aromatic rings. The van der Waals surface area contributed by atoms with Gasteiger partial charge >= 0.3 is 0 Å². The minimum Gasteiger partial charge on any atom is -0.442 e. The molecule has 2 heterocycles. The number of benzene rings is 1. The highest BCUT2D eigenvalue weighted by molar-refractivity contribution is 7.22. The van der Waals surface area contributed by atoms with Crippen molar-refractivity contribution < 1.29 is 4.42 Å². The second-order valence-electron chi connectivity index (χ2n) is 3.81. The van der Waals surface area contributed by atoms with Crippen molar-refractivity contribution >= 4 is 21.4 Å². The Morgan fingerprint density at radius 2 is 2.24 bits per heavy atom. The average Bonchev–Trinajstić information content (AvgIpc) is 2.94. The summed E-state index contributed by atoms with van der Waals surface area (Å²) in [5.41, 5.74) is 0.957. The highest BCUT2D eigenvalue weighted by Crippen LogP contribution is 2.34. The lowest BCUT2D eigenvalue weighted by molar-refractivity contribution is 0.571. The number of oxazole rings is 1. The van der Waals surface area contributed by atoms with Crippen LogP contribution in [0.4, 0.5) is 0 Å². The molecule has 0 atom stereocenters. The molecular weight excluding hydrogens is 232 g/mol. The zero-order valence-electron chi connectivity index (χ0n) is 9.43. The molecule has 0 fully saturated rings. The first-order valence-corrected chi connectivity index (χ1v) is 6.26. The van der Waals surface area contributed by atoms with Crippen LogP contribution in [0.2, 0.25) is 0 Å². The van der Waals surface area contributed by atoms with Crippen molar-refractivity contribution in [2.24, 2.45) is 0 Å². The van der Waals surface area contributed by atoms with Crippen LogP contribution in [-0.2, 0) is 6.54 Å². The van der Waals surface area contributed by atoms with Gasteiger partial charge in [-0.2, -0.15) is 0 Å². The molecule has 3 nitrogen and oxygen atoms in total. The summed E-state index contributed by atoms with van der Waals surface area (Å²) in [6, 6.07) is 10.5. The van der Waals surface area contributed by atoms with Crippen LogP contribution in [0.25, 0.3) is 20.7 Å². The quantitative estimate of drug-likeness (QED) is 0.768. The van der Waals surface area contributed by atoms with E-state index in [0.29, 0.717) is 0 Å². The minimum atomic E-state index is 0.722. The van der Waals surface area contributed by atoms with Gasteiger partial charge in [0.25, 0.3) is 0 Å². The van der Waals surface area contributed by atoms with Crippen LogP contribution in [0.3, 0.4) is 0 Å². The largest absolute Gasteiger partial charge is 0.442 e. The van der Waals surface area contributed by atoms with E-state index in [0.717, 1.165) is 22.9 Å². The topological polar surface area (TPSA) is 38.1 Å². The van der Waals surface area contributed by atoms with Crippen LogP contribution < -0.4 is 5.32 Å². The van der Waals surface area contributed by atoms with Gasteiger partial charge in [-0.05, 0) is 24.6 Å². The van der Waals surface area contributed by atoms with E-state index in [1.54, 1.807) is 11.3 Å². The average molecular weight is 244 g/mol. The maximum atomic E-state index is 5.49. The Labute approximate surface area is 103 Å². The van der Waals surface area contributed by atoms with Gasteiger partial charge in [0.05, 0.1) is 4.88 Å². The Morgan fingerprint density at radius 1 is 1.35 bits per heavy atom. The molecule has 17 heavy (non-hydrogen) atoms.